The van der Waals surface area contributed by atoms with Gasteiger partial charge in [0.1, 0.15) is 0 Å². The molecule has 0 fully saturated rings. The van der Waals surface area contributed by atoms with Crippen LogP contribution in [0.4, 0.5) is 0 Å². The van der Waals surface area contributed by atoms with Gasteiger partial charge in [-0.3, -0.25) is 0 Å². The monoisotopic (exact) mass is 1400 g/mol. The molecule has 0 unspecified atom stereocenters. The van der Waals surface area contributed by atoms with Gasteiger partial charge < -0.3 is 4.57 Å². The lowest BCUT2D eigenvalue weighted by Gasteiger charge is -2.14. The standard InChI is InChI=1S/C51H29N3S2.C45H28N4S/c1-2-13-30(14-3-1)49-52-50(41-22-12-21-39-38-19-8-10-23-44(38)56-48(39)41)54-51(53-49)43-28-32(29-46-47(43)40-20-9-11-24-45(40)55-46)31-25-26-37-35-17-5-4-15-33(35)34-16-6-7-18-36(34)42(37)27-31;1-4-15-29(16-5-1)33-23-14-25-38-41(33)34-21-10-12-24-37(34)49(38)32-27-36(42-35-22-11-13-26-39(35)50-40(42)28-32)45-47-43(30-17-6-2-7-18-30)46-44(48-45)31-19-8-3-9-20-31/h1-29H;1-28H. The highest BCUT2D eigenvalue weighted by Crippen LogP contribution is 2.48. The summed E-state index contributed by atoms with van der Waals surface area (Å²) in [5.41, 5.74) is 14.0. The van der Waals surface area contributed by atoms with Crippen LogP contribution < -0.4 is 0 Å². The van der Waals surface area contributed by atoms with Gasteiger partial charge in [0.2, 0.25) is 0 Å². The van der Waals surface area contributed by atoms with E-state index in [0.29, 0.717) is 34.9 Å². The molecule has 0 amide bonds. The minimum atomic E-state index is 0.650. The van der Waals surface area contributed by atoms with Crippen LogP contribution in [0.5, 0.6) is 0 Å². The lowest BCUT2D eigenvalue weighted by atomic mass is 9.91. The van der Waals surface area contributed by atoms with E-state index in [0.717, 1.165) is 66.6 Å². The maximum Gasteiger partial charge on any atom is 0.165 e. The number of benzene rings is 16. The number of aromatic nitrogens is 7. The van der Waals surface area contributed by atoms with Crippen molar-refractivity contribution in [3.8, 4) is 96.3 Å². The summed E-state index contributed by atoms with van der Waals surface area (Å²) in [5.74, 6) is 3.95. The second-order valence-electron chi connectivity index (χ2n) is 26.7. The molecule has 0 radical (unpaired) electrons. The van der Waals surface area contributed by atoms with Crippen molar-refractivity contribution in [1.82, 2.24) is 34.5 Å². The fraction of sp³-hybridized carbons (Fsp3) is 0. The fourth-order valence-corrected chi connectivity index (χ4v) is 19.3. The van der Waals surface area contributed by atoms with E-state index >= 15 is 0 Å². The largest absolute Gasteiger partial charge is 0.309 e. The first-order chi connectivity index (χ1) is 52.5. The second kappa shape index (κ2) is 25.3. The van der Waals surface area contributed by atoms with E-state index in [-0.39, 0.29) is 0 Å². The molecule has 0 aliphatic heterocycles. The first-order valence-corrected chi connectivity index (χ1v) is 37.9. The Balaban J connectivity index is 0.000000137. The molecule has 6 aromatic heterocycles. The molecule has 0 saturated carbocycles. The zero-order valence-corrected chi connectivity index (χ0v) is 59.2. The summed E-state index contributed by atoms with van der Waals surface area (Å²) < 4.78 is 9.70. The maximum atomic E-state index is 5.41. The number of nitrogens with zero attached hydrogens (tertiary/aromatic N) is 7. The zero-order valence-electron chi connectivity index (χ0n) is 56.8. The Morgan fingerprint density at radius 1 is 0.189 bits per heavy atom. The quantitative estimate of drug-likeness (QED) is 0.134. The van der Waals surface area contributed by atoms with Crippen LogP contribution in [0, 0.1) is 0 Å². The molecule has 10 heteroatoms. The SMILES string of the molecule is c1ccc(-c2nc(-c3cccc4c3sc3ccccc34)nc(-c3cc(-c4ccc5c6ccccc6c6ccccc6c5c4)cc4sc5ccccc5c34)n2)cc1.c1ccc(-c2nc(-c3ccccc3)nc(-c3cc(-n4c5ccccc5c5c(-c6ccccc6)cccc54)cc4sc5ccccc5c34)n2)cc1. The Morgan fingerprint density at radius 3 is 1.16 bits per heavy atom. The summed E-state index contributed by atoms with van der Waals surface area (Å²) in [7, 11) is 0. The summed E-state index contributed by atoms with van der Waals surface area (Å²) in [6, 6.07) is 123. The van der Waals surface area contributed by atoms with E-state index in [2.05, 4.69) is 296 Å². The van der Waals surface area contributed by atoms with Gasteiger partial charge in [0.15, 0.2) is 34.9 Å². The van der Waals surface area contributed by atoms with Crippen LogP contribution in [0.1, 0.15) is 0 Å². The normalized spacial score (nSPS) is 11.8. The van der Waals surface area contributed by atoms with Gasteiger partial charge in [-0.2, -0.15) is 0 Å². The van der Waals surface area contributed by atoms with Crippen LogP contribution >= 0.6 is 34.0 Å². The number of thiophene rings is 3. The van der Waals surface area contributed by atoms with Crippen LogP contribution in [-0.4, -0.2) is 34.5 Å². The molecule has 0 N–H and O–H groups in total. The minimum Gasteiger partial charge on any atom is -0.309 e. The van der Waals surface area contributed by atoms with Crippen molar-refractivity contribution in [1.29, 1.82) is 0 Å². The predicted octanol–water partition coefficient (Wildman–Crippen LogP) is 26.7. The molecule has 0 atom stereocenters. The number of hydrogen-bond acceptors (Lipinski definition) is 9. The molecule has 0 aliphatic carbocycles. The molecule has 0 bridgehead atoms. The van der Waals surface area contributed by atoms with Gasteiger partial charge >= 0.3 is 0 Å². The van der Waals surface area contributed by atoms with E-state index in [9.17, 15) is 0 Å². The van der Waals surface area contributed by atoms with Crippen LogP contribution in [-0.2, 0) is 0 Å². The Labute approximate surface area is 620 Å². The number of fused-ring (bicyclic) bond motifs is 18. The highest BCUT2D eigenvalue weighted by molar-refractivity contribution is 7.27. The van der Waals surface area contributed by atoms with Gasteiger partial charge in [-0.05, 0) is 121 Å². The van der Waals surface area contributed by atoms with E-state index in [1.54, 1.807) is 11.3 Å². The lowest BCUT2D eigenvalue weighted by Crippen LogP contribution is -2.01. The summed E-state index contributed by atoms with van der Waals surface area (Å²) in [6.07, 6.45) is 0. The van der Waals surface area contributed by atoms with Crippen molar-refractivity contribution in [2.45, 2.75) is 0 Å². The predicted molar refractivity (Wildman–Crippen MR) is 449 cm³/mol. The summed E-state index contributed by atoms with van der Waals surface area (Å²) in [5, 5.41) is 17.3. The van der Waals surface area contributed by atoms with E-state index in [1.165, 1.54) is 109 Å². The molecule has 16 aromatic carbocycles. The topological polar surface area (TPSA) is 82.3 Å². The Morgan fingerprint density at radius 2 is 0.585 bits per heavy atom. The van der Waals surface area contributed by atoms with Gasteiger partial charge in [-0.25, -0.2) is 29.9 Å². The summed E-state index contributed by atoms with van der Waals surface area (Å²) >= 11 is 5.43. The molecule has 0 saturated heterocycles. The van der Waals surface area contributed by atoms with Gasteiger partial charge in [0.25, 0.3) is 0 Å². The molecule has 494 valence electrons. The van der Waals surface area contributed by atoms with Crippen molar-refractivity contribution < 1.29 is 0 Å². The summed E-state index contributed by atoms with van der Waals surface area (Å²) in [4.78, 5) is 31.3. The number of rotatable bonds is 9. The van der Waals surface area contributed by atoms with Crippen molar-refractivity contribution in [3.05, 3.63) is 346 Å². The van der Waals surface area contributed by atoms with Gasteiger partial charge in [-0.1, -0.05) is 279 Å². The average molecular weight is 1400 g/mol. The van der Waals surface area contributed by atoms with Crippen LogP contribution in [0.3, 0.4) is 0 Å². The van der Waals surface area contributed by atoms with Gasteiger partial charge in [0.05, 0.1) is 11.0 Å². The number of hydrogen-bond donors (Lipinski definition) is 0. The third-order valence-electron chi connectivity index (χ3n) is 20.6. The highest BCUT2D eigenvalue weighted by atomic mass is 32.1. The van der Waals surface area contributed by atoms with Crippen molar-refractivity contribution in [3.63, 3.8) is 0 Å². The minimum absolute atomic E-state index is 0.650. The Bertz CT molecular complexity index is 7180. The van der Waals surface area contributed by atoms with Crippen molar-refractivity contribution >= 4 is 149 Å². The third-order valence-corrected chi connectivity index (χ3v) is 24.0. The molecule has 106 heavy (non-hydrogen) atoms. The maximum absolute atomic E-state index is 5.41. The molecular weight excluding hydrogens is 1350 g/mol. The third kappa shape index (κ3) is 10.4. The Kier molecular flexibility index (Phi) is 14.7. The molecule has 6 heterocycles. The van der Waals surface area contributed by atoms with Crippen LogP contribution in [0.25, 0.3) is 211 Å². The molecule has 22 rings (SSSR count). The molecule has 22 aromatic rings. The van der Waals surface area contributed by atoms with E-state index in [1.807, 2.05) is 77.3 Å². The van der Waals surface area contributed by atoms with Crippen molar-refractivity contribution in [2.75, 3.05) is 0 Å². The smallest absolute Gasteiger partial charge is 0.165 e. The highest BCUT2D eigenvalue weighted by Gasteiger charge is 2.25. The van der Waals surface area contributed by atoms with Crippen molar-refractivity contribution in [2.24, 2.45) is 0 Å². The van der Waals surface area contributed by atoms with E-state index < -0.39 is 0 Å². The molecule has 0 spiro atoms. The van der Waals surface area contributed by atoms with Crippen LogP contribution in [0.15, 0.2) is 346 Å². The van der Waals surface area contributed by atoms with Gasteiger partial charge in [0, 0.05) is 110 Å². The molecular formula is C96H57N7S3. The summed E-state index contributed by atoms with van der Waals surface area (Å²) in [6.45, 7) is 0. The van der Waals surface area contributed by atoms with Gasteiger partial charge in [-0.15, -0.1) is 34.0 Å². The zero-order chi connectivity index (χ0) is 69.8. The van der Waals surface area contributed by atoms with E-state index in [4.69, 9.17) is 29.9 Å². The number of para-hydroxylation sites is 1. The first kappa shape index (κ1) is 61.4. The Hall–Kier alpha value is -13.2. The molecule has 7 nitrogen and oxygen atoms in total. The first-order valence-electron chi connectivity index (χ1n) is 35.5. The molecule has 0 aliphatic rings. The second-order valence-corrected chi connectivity index (χ2v) is 29.9. The average Bonchev–Trinajstić information content (AvgIpc) is 1.40. The fourth-order valence-electron chi connectivity index (χ4n) is 15.8. The van der Waals surface area contributed by atoms with Crippen LogP contribution in [0.2, 0.25) is 0 Å². The lowest BCUT2D eigenvalue weighted by molar-refractivity contribution is 1.07.